The van der Waals surface area contributed by atoms with Gasteiger partial charge in [-0.3, -0.25) is 0 Å². The van der Waals surface area contributed by atoms with Crippen LogP contribution in [0.2, 0.25) is 0 Å². The third-order valence-corrected chi connectivity index (χ3v) is 4.99. The van der Waals surface area contributed by atoms with Crippen LogP contribution in [0.25, 0.3) is 0 Å². The molecule has 1 aliphatic rings. The molecule has 21 heavy (non-hydrogen) atoms. The third-order valence-electron chi connectivity index (χ3n) is 4.99. The topological polar surface area (TPSA) is 23.5 Å². The molecule has 0 aliphatic carbocycles. The zero-order valence-electron chi connectivity index (χ0n) is 12.8. The van der Waals surface area contributed by atoms with Gasteiger partial charge in [-0.05, 0) is 62.7 Å². The molecule has 110 valence electrons. The van der Waals surface area contributed by atoms with Gasteiger partial charge in [-0.2, -0.15) is 0 Å². The lowest BCUT2D eigenvalue weighted by atomic mass is 9.67. The van der Waals surface area contributed by atoms with E-state index in [-0.39, 0.29) is 5.41 Å². The number of hydrogen-bond donors (Lipinski definition) is 1. The first-order valence-electron chi connectivity index (χ1n) is 7.67. The molecule has 0 spiro atoms. The third kappa shape index (κ3) is 2.44. The highest BCUT2D eigenvalue weighted by Gasteiger charge is 2.38. The molecule has 2 aromatic carbocycles. The second-order valence-corrected chi connectivity index (χ2v) is 6.20. The van der Waals surface area contributed by atoms with Gasteiger partial charge in [0.1, 0.15) is 5.75 Å². The second kappa shape index (κ2) is 5.53. The van der Waals surface area contributed by atoms with E-state index in [1.165, 1.54) is 11.1 Å². The van der Waals surface area contributed by atoms with Crippen LogP contribution in [0.15, 0.2) is 48.5 Å². The van der Waals surface area contributed by atoms with Gasteiger partial charge in [0.05, 0.1) is 0 Å². The van der Waals surface area contributed by atoms with Gasteiger partial charge in [0.15, 0.2) is 0 Å². The van der Waals surface area contributed by atoms with Crippen LogP contribution in [0.1, 0.15) is 29.5 Å². The Bertz CT molecular complexity index is 613. The van der Waals surface area contributed by atoms with Crippen molar-refractivity contribution < 1.29 is 5.11 Å². The largest absolute Gasteiger partial charge is 0.508 e. The van der Waals surface area contributed by atoms with Gasteiger partial charge in [0.2, 0.25) is 0 Å². The highest BCUT2D eigenvalue weighted by molar-refractivity contribution is 5.48. The molecule has 0 radical (unpaired) electrons. The van der Waals surface area contributed by atoms with E-state index in [0.29, 0.717) is 5.75 Å². The molecule has 1 saturated heterocycles. The van der Waals surface area contributed by atoms with E-state index in [1.807, 2.05) is 13.0 Å². The fourth-order valence-electron chi connectivity index (χ4n) is 3.61. The smallest absolute Gasteiger partial charge is 0.118 e. The van der Waals surface area contributed by atoms with Crippen LogP contribution in [0.4, 0.5) is 0 Å². The van der Waals surface area contributed by atoms with E-state index in [9.17, 15) is 5.11 Å². The molecule has 0 aromatic heterocycles. The minimum atomic E-state index is 0.0244. The SMILES string of the molecule is Cc1c(O)cccc1C1(c2ccccc2)CCN(C)CC1. The summed E-state index contributed by atoms with van der Waals surface area (Å²) in [7, 11) is 2.18. The first-order valence-corrected chi connectivity index (χ1v) is 7.67. The highest BCUT2D eigenvalue weighted by Crippen LogP contribution is 2.44. The lowest BCUT2D eigenvalue weighted by Gasteiger charge is -2.42. The van der Waals surface area contributed by atoms with Gasteiger partial charge in [0.25, 0.3) is 0 Å². The Morgan fingerprint density at radius 2 is 1.62 bits per heavy atom. The zero-order valence-corrected chi connectivity index (χ0v) is 12.8. The predicted molar refractivity (Wildman–Crippen MR) is 86.8 cm³/mol. The summed E-state index contributed by atoms with van der Waals surface area (Å²) < 4.78 is 0. The fraction of sp³-hybridized carbons (Fsp3) is 0.368. The number of rotatable bonds is 2. The minimum absolute atomic E-state index is 0.0244. The van der Waals surface area contributed by atoms with Crippen molar-refractivity contribution in [3.8, 4) is 5.75 Å². The molecule has 0 bridgehead atoms. The summed E-state index contributed by atoms with van der Waals surface area (Å²) in [4.78, 5) is 2.39. The molecule has 3 rings (SSSR count). The number of phenols is 1. The monoisotopic (exact) mass is 281 g/mol. The Labute approximate surface area is 127 Å². The summed E-state index contributed by atoms with van der Waals surface area (Å²) in [5.41, 5.74) is 3.69. The van der Waals surface area contributed by atoms with Crippen LogP contribution < -0.4 is 0 Å². The first-order chi connectivity index (χ1) is 10.1. The molecule has 0 amide bonds. The van der Waals surface area contributed by atoms with Crippen molar-refractivity contribution in [3.63, 3.8) is 0 Å². The van der Waals surface area contributed by atoms with Crippen molar-refractivity contribution in [2.75, 3.05) is 20.1 Å². The Morgan fingerprint density at radius 3 is 2.29 bits per heavy atom. The van der Waals surface area contributed by atoms with Crippen molar-refractivity contribution in [3.05, 3.63) is 65.2 Å². The molecule has 1 aliphatic heterocycles. The lowest BCUT2D eigenvalue weighted by Crippen LogP contribution is -2.42. The van der Waals surface area contributed by atoms with Crippen LogP contribution in [-0.4, -0.2) is 30.1 Å². The normalized spacial score (nSPS) is 18.6. The van der Waals surface area contributed by atoms with Gasteiger partial charge in [0, 0.05) is 5.41 Å². The van der Waals surface area contributed by atoms with Crippen LogP contribution in [0.5, 0.6) is 5.75 Å². The summed E-state index contributed by atoms with van der Waals surface area (Å²) in [5.74, 6) is 0.404. The maximum atomic E-state index is 10.1. The average molecular weight is 281 g/mol. The Kier molecular flexibility index (Phi) is 3.73. The van der Waals surface area contributed by atoms with Crippen LogP contribution in [0, 0.1) is 6.92 Å². The van der Waals surface area contributed by atoms with Gasteiger partial charge >= 0.3 is 0 Å². The van der Waals surface area contributed by atoms with Crippen molar-refractivity contribution in [2.45, 2.75) is 25.2 Å². The molecule has 1 N–H and O–H groups in total. The van der Waals surface area contributed by atoms with Crippen LogP contribution in [0.3, 0.4) is 0 Å². The van der Waals surface area contributed by atoms with Crippen LogP contribution >= 0.6 is 0 Å². The number of nitrogens with zero attached hydrogens (tertiary/aromatic N) is 1. The minimum Gasteiger partial charge on any atom is -0.508 e. The summed E-state index contributed by atoms with van der Waals surface area (Å²) in [5, 5.41) is 10.1. The van der Waals surface area contributed by atoms with Gasteiger partial charge < -0.3 is 10.0 Å². The van der Waals surface area contributed by atoms with Crippen molar-refractivity contribution in [1.82, 2.24) is 4.90 Å². The molecule has 1 fully saturated rings. The number of aromatic hydroxyl groups is 1. The van der Waals surface area contributed by atoms with E-state index in [4.69, 9.17) is 0 Å². The Balaban J connectivity index is 2.15. The van der Waals surface area contributed by atoms with E-state index in [0.717, 1.165) is 31.5 Å². The van der Waals surface area contributed by atoms with Gasteiger partial charge in [-0.15, -0.1) is 0 Å². The van der Waals surface area contributed by atoms with Gasteiger partial charge in [-0.1, -0.05) is 42.5 Å². The number of benzene rings is 2. The zero-order chi connectivity index (χ0) is 14.9. The molecule has 2 aromatic rings. The van der Waals surface area contributed by atoms with Crippen LogP contribution in [-0.2, 0) is 5.41 Å². The average Bonchev–Trinajstić information content (AvgIpc) is 2.52. The lowest BCUT2D eigenvalue weighted by molar-refractivity contribution is 0.212. The number of hydrogen-bond acceptors (Lipinski definition) is 2. The van der Waals surface area contributed by atoms with Crippen molar-refractivity contribution in [1.29, 1.82) is 0 Å². The molecule has 1 heterocycles. The number of phenolic OH excluding ortho intramolecular Hbond substituents is 1. The molecule has 2 heteroatoms. The molecule has 0 saturated carbocycles. The molecule has 2 nitrogen and oxygen atoms in total. The summed E-state index contributed by atoms with van der Waals surface area (Å²) in [6.45, 7) is 4.21. The van der Waals surface area contributed by atoms with E-state index in [1.54, 1.807) is 6.07 Å². The molecular formula is C19H23NO. The van der Waals surface area contributed by atoms with E-state index >= 15 is 0 Å². The van der Waals surface area contributed by atoms with Gasteiger partial charge in [-0.25, -0.2) is 0 Å². The fourth-order valence-corrected chi connectivity index (χ4v) is 3.61. The Hall–Kier alpha value is -1.80. The molecule has 0 unspecified atom stereocenters. The summed E-state index contributed by atoms with van der Waals surface area (Å²) >= 11 is 0. The standard InChI is InChI=1S/C19H23NO/c1-15-17(9-6-10-18(15)21)19(11-13-20(2)14-12-19)16-7-4-3-5-8-16/h3-10,21H,11-14H2,1-2H3. The van der Waals surface area contributed by atoms with Crippen molar-refractivity contribution >= 4 is 0 Å². The first kappa shape index (κ1) is 14.2. The van der Waals surface area contributed by atoms with E-state index < -0.39 is 0 Å². The van der Waals surface area contributed by atoms with E-state index in [2.05, 4.69) is 48.3 Å². The van der Waals surface area contributed by atoms with Crippen molar-refractivity contribution in [2.24, 2.45) is 0 Å². The summed E-state index contributed by atoms with van der Waals surface area (Å²) in [6, 6.07) is 16.7. The predicted octanol–water partition coefficient (Wildman–Crippen LogP) is 3.71. The quantitative estimate of drug-likeness (QED) is 0.907. The number of piperidine rings is 1. The molecule has 0 atom stereocenters. The maximum absolute atomic E-state index is 10.1. The Morgan fingerprint density at radius 1 is 0.952 bits per heavy atom. The number of likely N-dealkylation sites (tertiary alicyclic amines) is 1. The molecular weight excluding hydrogens is 258 g/mol. The maximum Gasteiger partial charge on any atom is 0.118 e. The second-order valence-electron chi connectivity index (χ2n) is 6.20. The highest BCUT2D eigenvalue weighted by atomic mass is 16.3. The summed E-state index contributed by atoms with van der Waals surface area (Å²) in [6.07, 6.45) is 2.19.